The molecule has 0 spiro atoms. The van der Waals surface area contributed by atoms with Gasteiger partial charge in [-0.05, 0) is 49.6 Å². The summed E-state index contributed by atoms with van der Waals surface area (Å²) in [6, 6.07) is 16.5. The van der Waals surface area contributed by atoms with Gasteiger partial charge in [-0.3, -0.25) is 4.79 Å². The quantitative estimate of drug-likeness (QED) is 0.399. The molecule has 0 heterocycles. The van der Waals surface area contributed by atoms with Gasteiger partial charge in [0.05, 0.1) is 17.8 Å². The van der Waals surface area contributed by atoms with E-state index in [2.05, 4.69) is 10.5 Å². The van der Waals surface area contributed by atoms with Crippen molar-refractivity contribution in [2.75, 3.05) is 6.61 Å². The second kappa shape index (κ2) is 9.63. The summed E-state index contributed by atoms with van der Waals surface area (Å²) in [5.41, 5.74) is 3.35. The number of nitrogens with one attached hydrogen (secondary N) is 1. The fraction of sp³-hybridized carbons (Fsp3) is 0.182. The zero-order valence-electron chi connectivity index (χ0n) is 16.0. The van der Waals surface area contributed by atoms with Crippen molar-refractivity contribution in [3.63, 3.8) is 0 Å². The van der Waals surface area contributed by atoms with Crippen LogP contribution < -0.4 is 14.9 Å². The number of amides is 1. The van der Waals surface area contributed by atoms with Crippen LogP contribution in [0, 0.1) is 0 Å². The smallest absolute Gasteiger partial charge is 0.280 e. The van der Waals surface area contributed by atoms with E-state index < -0.39 is 12.0 Å². The molecular weight excluding hydrogens is 411 g/mol. The van der Waals surface area contributed by atoms with Crippen molar-refractivity contribution >= 4 is 46.1 Å². The minimum atomic E-state index is -0.789. The highest BCUT2D eigenvalue weighted by molar-refractivity contribution is 6.35. The largest absolute Gasteiger partial charge is 0.493 e. The van der Waals surface area contributed by atoms with Gasteiger partial charge in [-0.2, -0.15) is 5.10 Å². The fourth-order valence-corrected chi connectivity index (χ4v) is 3.21. The highest BCUT2D eigenvalue weighted by atomic mass is 35.5. The molecule has 0 fully saturated rings. The van der Waals surface area contributed by atoms with E-state index in [1.54, 1.807) is 31.3 Å². The van der Waals surface area contributed by atoms with Crippen LogP contribution in [0.15, 0.2) is 59.7 Å². The number of hydrogen-bond acceptors (Lipinski definition) is 4. The maximum atomic E-state index is 12.3. The molecule has 3 aromatic rings. The standard InChI is InChI=1S/C22H20Cl2N2O3/c1-3-28-20-10-8-15(17-6-4-5-7-18(17)20)13-25-26-22(27)14(2)29-21-11-9-16(23)12-19(21)24/h4-14H,3H2,1-2H3,(H,26,27)/b25-13+. The Morgan fingerprint density at radius 3 is 2.55 bits per heavy atom. The number of carbonyl (C=O) groups excluding carboxylic acids is 1. The summed E-state index contributed by atoms with van der Waals surface area (Å²) in [7, 11) is 0. The average molecular weight is 431 g/mol. The summed E-state index contributed by atoms with van der Waals surface area (Å²) in [6.45, 7) is 4.14. The van der Waals surface area contributed by atoms with Crippen molar-refractivity contribution in [1.82, 2.24) is 5.43 Å². The third kappa shape index (κ3) is 5.19. The SMILES string of the molecule is CCOc1ccc(/C=N/NC(=O)C(C)Oc2ccc(Cl)cc2Cl)c2ccccc12. The number of hydrogen-bond donors (Lipinski definition) is 1. The third-order valence-electron chi connectivity index (χ3n) is 4.16. The number of ether oxygens (including phenoxy) is 2. The van der Waals surface area contributed by atoms with Crippen molar-refractivity contribution in [2.45, 2.75) is 20.0 Å². The van der Waals surface area contributed by atoms with Crippen LogP contribution in [0.25, 0.3) is 10.8 Å². The van der Waals surface area contributed by atoms with Crippen molar-refractivity contribution in [2.24, 2.45) is 5.10 Å². The van der Waals surface area contributed by atoms with E-state index in [-0.39, 0.29) is 0 Å². The monoisotopic (exact) mass is 430 g/mol. The second-order valence-electron chi connectivity index (χ2n) is 6.20. The first-order chi connectivity index (χ1) is 14.0. The molecule has 29 heavy (non-hydrogen) atoms. The van der Waals surface area contributed by atoms with Crippen LogP contribution in [0.2, 0.25) is 10.0 Å². The molecule has 3 aromatic carbocycles. The van der Waals surface area contributed by atoms with E-state index in [0.717, 1.165) is 22.1 Å². The van der Waals surface area contributed by atoms with Gasteiger partial charge in [0.1, 0.15) is 11.5 Å². The Morgan fingerprint density at radius 2 is 1.83 bits per heavy atom. The molecule has 0 aromatic heterocycles. The average Bonchev–Trinajstić information content (AvgIpc) is 2.71. The molecule has 1 atom stereocenters. The molecule has 0 saturated heterocycles. The predicted octanol–water partition coefficient (Wildman–Crippen LogP) is 5.46. The minimum Gasteiger partial charge on any atom is -0.493 e. The molecule has 1 unspecified atom stereocenters. The molecule has 0 bridgehead atoms. The Balaban J connectivity index is 1.69. The topological polar surface area (TPSA) is 59.9 Å². The van der Waals surface area contributed by atoms with Crippen molar-refractivity contribution in [3.05, 3.63) is 70.2 Å². The Bertz CT molecular complexity index is 1050. The summed E-state index contributed by atoms with van der Waals surface area (Å²) < 4.78 is 11.3. The van der Waals surface area contributed by atoms with Gasteiger partial charge in [0.15, 0.2) is 6.10 Å². The predicted molar refractivity (Wildman–Crippen MR) is 117 cm³/mol. The van der Waals surface area contributed by atoms with Gasteiger partial charge in [-0.25, -0.2) is 5.43 Å². The molecule has 0 radical (unpaired) electrons. The number of fused-ring (bicyclic) bond motifs is 1. The first-order valence-corrected chi connectivity index (χ1v) is 9.84. The van der Waals surface area contributed by atoms with E-state index in [0.29, 0.717) is 22.4 Å². The number of benzene rings is 3. The highest BCUT2D eigenvalue weighted by Crippen LogP contribution is 2.29. The number of nitrogens with zero attached hydrogens (tertiary/aromatic N) is 1. The number of hydrazone groups is 1. The van der Waals surface area contributed by atoms with Crippen LogP contribution in [0.4, 0.5) is 0 Å². The van der Waals surface area contributed by atoms with E-state index in [1.807, 2.05) is 43.3 Å². The van der Waals surface area contributed by atoms with Crippen LogP contribution >= 0.6 is 23.2 Å². The van der Waals surface area contributed by atoms with Gasteiger partial charge in [0, 0.05) is 16.0 Å². The second-order valence-corrected chi connectivity index (χ2v) is 7.04. The third-order valence-corrected chi connectivity index (χ3v) is 4.69. The lowest BCUT2D eigenvalue weighted by Gasteiger charge is -2.14. The first kappa shape index (κ1) is 21.0. The Labute approximate surface area is 179 Å². The Kier molecular flexibility index (Phi) is 6.96. The van der Waals surface area contributed by atoms with E-state index in [9.17, 15) is 4.79 Å². The van der Waals surface area contributed by atoms with Gasteiger partial charge in [-0.15, -0.1) is 0 Å². The summed E-state index contributed by atoms with van der Waals surface area (Å²) >= 11 is 11.9. The highest BCUT2D eigenvalue weighted by Gasteiger charge is 2.15. The summed E-state index contributed by atoms with van der Waals surface area (Å²) in [5, 5.41) is 6.86. The van der Waals surface area contributed by atoms with Gasteiger partial charge in [0.25, 0.3) is 5.91 Å². The van der Waals surface area contributed by atoms with Crippen LogP contribution in [-0.2, 0) is 4.79 Å². The number of carbonyl (C=O) groups is 1. The molecule has 5 nitrogen and oxygen atoms in total. The molecule has 1 amide bonds. The number of rotatable bonds is 7. The van der Waals surface area contributed by atoms with Gasteiger partial charge >= 0.3 is 0 Å². The van der Waals surface area contributed by atoms with Crippen LogP contribution in [0.1, 0.15) is 19.4 Å². The van der Waals surface area contributed by atoms with Crippen LogP contribution in [0.3, 0.4) is 0 Å². The van der Waals surface area contributed by atoms with Gasteiger partial charge in [-0.1, -0.05) is 47.5 Å². The van der Waals surface area contributed by atoms with Gasteiger partial charge in [0.2, 0.25) is 0 Å². The Hall–Kier alpha value is -2.76. The van der Waals surface area contributed by atoms with Crippen LogP contribution in [-0.4, -0.2) is 24.8 Å². The molecule has 0 aliphatic carbocycles. The minimum absolute atomic E-state index is 0.335. The molecule has 0 aliphatic heterocycles. The molecule has 1 N–H and O–H groups in total. The summed E-state index contributed by atoms with van der Waals surface area (Å²) in [6.07, 6.45) is 0.806. The molecule has 0 saturated carbocycles. The molecular formula is C22H20Cl2N2O3. The zero-order chi connectivity index (χ0) is 20.8. The first-order valence-electron chi connectivity index (χ1n) is 9.08. The van der Waals surface area contributed by atoms with E-state index in [4.69, 9.17) is 32.7 Å². The lowest BCUT2D eigenvalue weighted by Crippen LogP contribution is -2.33. The van der Waals surface area contributed by atoms with Crippen LogP contribution in [0.5, 0.6) is 11.5 Å². The van der Waals surface area contributed by atoms with Crippen molar-refractivity contribution < 1.29 is 14.3 Å². The normalized spacial score (nSPS) is 12.1. The maximum absolute atomic E-state index is 12.3. The molecule has 150 valence electrons. The zero-order valence-corrected chi connectivity index (χ0v) is 17.5. The van der Waals surface area contributed by atoms with E-state index in [1.165, 1.54) is 0 Å². The fourth-order valence-electron chi connectivity index (χ4n) is 2.76. The Morgan fingerprint density at radius 1 is 1.10 bits per heavy atom. The van der Waals surface area contributed by atoms with Gasteiger partial charge < -0.3 is 9.47 Å². The van der Waals surface area contributed by atoms with Crippen molar-refractivity contribution in [3.8, 4) is 11.5 Å². The van der Waals surface area contributed by atoms with E-state index >= 15 is 0 Å². The number of halogens is 2. The summed E-state index contributed by atoms with van der Waals surface area (Å²) in [4.78, 5) is 12.3. The van der Waals surface area contributed by atoms with Crippen molar-refractivity contribution in [1.29, 1.82) is 0 Å². The molecule has 3 rings (SSSR count). The lowest BCUT2D eigenvalue weighted by atomic mass is 10.0. The molecule has 7 heteroatoms. The maximum Gasteiger partial charge on any atom is 0.280 e. The lowest BCUT2D eigenvalue weighted by molar-refractivity contribution is -0.127. The molecule has 0 aliphatic rings. The summed E-state index contributed by atoms with van der Waals surface area (Å²) in [5.74, 6) is 0.786.